The molecule has 24 heavy (non-hydrogen) atoms. The van der Waals surface area contributed by atoms with Crippen LogP contribution in [0.4, 0.5) is 0 Å². The van der Waals surface area contributed by atoms with Crippen LogP contribution in [-0.4, -0.2) is 42.2 Å². The van der Waals surface area contributed by atoms with Gasteiger partial charge in [0.1, 0.15) is 12.0 Å². The third-order valence-electron chi connectivity index (χ3n) is 3.33. The Hall–Kier alpha value is -2.72. The van der Waals surface area contributed by atoms with Crippen molar-refractivity contribution in [1.29, 1.82) is 0 Å². The van der Waals surface area contributed by atoms with Crippen LogP contribution in [0.3, 0.4) is 0 Å². The molecule has 1 aromatic heterocycles. The summed E-state index contributed by atoms with van der Waals surface area (Å²) in [5.41, 5.74) is 2.83. The molecule has 0 aliphatic heterocycles. The lowest BCUT2D eigenvalue weighted by atomic mass is 9.90. The van der Waals surface area contributed by atoms with Crippen LogP contribution in [0.25, 0.3) is 10.9 Å². The summed E-state index contributed by atoms with van der Waals surface area (Å²) in [5.74, 6) is 4.77. The van der Waals surface area contributed by atoms with E-state index in [1.54, 1.807) is 6.07 Å². The first-order valence-corrected chi connectivity index (χ1v) is 8.69. The maximum atomic E-state index is 12.0. The molecule has 1 aromatic carbocycles. The maximum Gasteiger partial charge on any atom is 0.273 e. The molecule has 0 saturated carbocycles. The summed E-state index contributed by atoms with van der Waals surface area (Å²) >= 11 is 0. The summed E-state index contributed by atoms with van der Waals surface area (Å²) < 4.78 is 25.9. The number of hydrogen-bond donors (Lipinski definition) is 4. The van der Waals surface area contributed by atoms with Crippen LogP contribution in [0.1, 0.15) is 32.8 Å². The third-order valence-corrected chi connectivity index (χ3v) is 3.33. The number of nitrogens with two attached hydrogens (primary N) is 1. The summed E-state index contributed by atoms with van der Waals surface area (Å²) in [6.07, 6.45) is 2.84. The van der Waals surface area contributed by atoms with Crippen LogP contribution in [0, 0.1) is 0 Å². The Balaban J connectivity index is 0.000000368. The molecule has 0 radical (unpaired) electrons. The quantitative estimate of drug-likeness (QED) is 0.202. The minimum atomic E-state index is -3.67. The molecule has 1 aliphatic rings. The monoisotopic (exact) mass is 352 g/mol. The minimum absolute atomic E-state index is 0.118. The molecule has 3 rings (SSSR count). The number of carbonyl (C=O) groups excluding carboxylic acids is 2. The van der Waals surface area contributed by atoms with Gasteiger partial charge < -0.3 is 16.1 Å². The second-order valence-corrected chi connectivity index (χ2v) is 6.58. The highest BCUT2D eigenvalue weighted by Gasteiger charge is 2.25. The van der Waals surface area contributed by atoms with Gasteiger partial charge in [0.2, 0.25) is 0 Å². The number of aromatic amines is 1. The number of nitrogens with zero attached hydrogens (tertiary/aromatic N) is 1. The van der Waals surface area contributed by atoms with Gasteiger partial charge in [0.15, 0.2) is 5.78 Å². The highest BCUT2D eigenvalue weighted by molar-refractivity contribution is 7.85. The molecule has 0 saturated heterocycles. The van der Waals surface area contributed by atoms with Gasteiger partial charge in [-0.1, -0.05) is 12.1 Å². The maximum absolute atomic E-state index is 12.0. The van der Waals surface area contributed by atoms with Gasteiger partial charge in [0, 0.05) is 22.9 Å². The second kappa shape index (κ2) is 6.81. The number of carbonyl (C=O) groups is 2. The van der Waals surface area contributed by atoms with Crippen LogP contribution in [-0.2, 0) is 16.5 Å². The van der Waals surface area contributed by atoms with Crippen molar-refractivity contribution in [3.8, 4) is 0 Å². The molecule has 5 N–H and O–H groups in total. The Kier molecular flexibility index (Phi) is 5.00. The van der Waals surface area contributed by atoms with Crippen molar-refractivity contribution < 1.29 is 22.6 Å². The number of amides is 1. The fraction of sp³-hybridized carbons (Fsp3) is 0.214. The average Bonchev–Trinajstić information content (AvgIpc) is 2.87. The van der Waals surface area contributed by atoms with Gasteiger partial charge in [0.25, 0.3) is 16.0 Å². The normalized spacial score (nSPS) is 13.7. The third kappa shape index (κ3) is 3.97. The fourth-order valence-electron chi connectivity index (χ4n) is 2.53. The van der Waals surface area contributed by atoms with Crippen molar-refractivity contribution in [3.05, 3.63) is 35.0 Å². The first-order valence-electron chi connectivity index (χ1n) is 6.84. The van der Waals surface area contributed by atoms with E-state index in [0.717, 1.165) is 22.8 Å². The van der Waals surface area contributed by atoms with E-state index in [4.69, 9.17) is 10.4 Å². The van der Waals surface area contributed by atoms with Gasteiger partial charge in [-0.3, -0.25) is 14.1 Å². The summed E-state index contributed by atoms with van der Waals surface area (Å²) in [5, 5.41) is 6.55. The van der Waals surface area contributed by atoms with E-state index in [2.05, 4.69) is 15.4 Å². The summed E-state index contributed by atoms with van der Waals surface area (Å²) in [6.45, 7) is 0. The van der Waals surface area contributed by atoms with Crippen LogP contribution in [0.5, 0.6) is 0 Å². The number of H-pyrrole nitrogens is 1. The number of benzene rings is 1. The molecule has 9 nitrogen and oxygen atoms in total. The van der Waals surface area contributed by atoms with Crippen LogP contribution < -0.4 is 11.2 Å². The number of aryl methyl sites for hydroxylation is 1. The molecular formula is C14H16N4O5S. The van der Waals surface area contributed by atoms with Gasteiger partial charge in [-0.05, 0) is 18.1 Å². The van der Waals surface area contributed by atoms with Crippen LogP contribution in [0.15, 0.2) is 23.3 Å². The topological polar surface area (TPSA) is 155 Å². The standard InChI is InChI=1S/C13H12N4O2.CH4O3S/c14-16-6-15-13(19)12-8-4-5-10(18)7-2-1-3-9(17-12)11(7)8;1-5(2,3)4/h1-3,6,17H,4-5,14H2,(H,15,16,19);1H3,(H,2,3,4). The molecule has 1 aliphatic carbocycles. The van der Waals surface area contributed by atoms with E-state index in [0.29, 0.717) is 30.4 Å². The van der Waals surface area contributed by atoms with E-state index >= 15 is 0 Å². The van der Waals surface area contributed by atoms with Gasteiger partial charge >= 0.3 is 0 Å². The molecule has 1 heterocycles. The Bertz CT molecular complexity index is 922. The predicted molar refractivity (Wildman–Crippen MR) is 88.6 cm³/mol. The Labute approximate surface area is 137 Å². The molecule has 10 heteroatoms. The van der Waals surface area contributed by atoms with Crippen LogP contribution in [0.2, 0.25) is 0 Å². The van der Waals surface area contributed by atoms with Gasteiger partial charge in [-0.2, -0.15) is 13.5 Å². The Morgan fingerprint density at radius 1 is 1.42 bits per heavy atom. The Morgan fingerprint density at radius 2 is 2.08 bits per heavy atom. The number of hydrogen-bond acceptors (Lipinski definition) is 6. The van der Waals surface area contributed by atoms with Crippen molar-refractivity contribution in [1.82, 2.24) is 10.3 Å². The zero-order chi connectivity index (χ0) is 17.9. The lowest BCUT2D eigenvalue weighted by Gasteiger charge is -2.11. The van der Waals surface area contributed by atoms with E-state index in [1.165, 1.54) is 0 Å². The number of rotatable bonds is 2. The van der Waals surface area contributed by atoms with E-state index in [9.17, 15) is 18.0 Å². The number of Topliss-reactive ketones (excluding diaryl/α,β-unsaturated/α-hetero) is 1. The first-order chi connectivity index (χ1) is 11.2. The second-order valence-electron chi connectivity index (χ2n) is 5.11. The molecule has 0 fully saturated rings. The van der Waals surface area contributed by atoms with E-state index in [-0.39, 0.29) is 11.7 Å². The van der Waals surface area contributed by atoms with E-state index < -0.39 is 10.1 Å². The summed E-state index contributed by atoms with van der Waals surface area (Å²) in [7, 11) is -3.67. The average molecular weight is 352 g/mol. The van der Waals surface area contributed by atoms with Gasteiger partial charge in [-0.15, -0.1) is 0 Å². The Morgan fingerprint density at radius 3 is 2.71 bits per heavy atom. The lowest BCUT2D eigenvalue weighted by molar-refractivity contribution is 0.0961. The first kappa shape index (κ1) is 17.6. The van der Waals surface area contributed by atoms with E-state index in [1.807, 2.05) is 12.1 Å². The summed E-state index contributed by atoms with van der Waals surface area (Å²) in [6, 6.07) is 5.46. The predicted octanol–water partition coefficient (Wildman–Crippen LogP) is 0.433. The highest BCUT2D eigenvalue weighted by Crippen LogP contribution is 2.32. The number of nitrogens with one attached hydrogen (secondary N) is 2. The molecule has 2 aromatic rings. The summed E-state index contributed by atoms with van der Waals surface area (Å²) in [4.78, 5) is 26.9. The lowest BCUT2D eigenvalue weighted by Crippen LogP contribution is -2.24. The number of hydrazone groups is 1. The molecule has 0 unspecified atom stereocenters. The molecular weight excluding hydrogens is 336 g/mol. The molecule has 128 valence electrons. The van der Waals surface area contributed by atoms with Gasteiger partial charge in [0.05, 0.1) is 6.26 Å². The highest BCUT2D eigenvalue weighted by atomic mass is 32.2. The van der Waals surface area contributed by atoms with Crippen molar-refractivity contribution in [2.24, 2.45) is 10.9 Å². The van der Waals surface area contributed by atoms with Crippen molar-refractivity contribution >= 4 is 39.1 Å². The molecule has 0 bridgehead atoms. The smallest absolute Gasteiger partial charge is 0.273 e. The SMILES string of the molecule is CS(=O)(=O)O.NN=CNC(=O)c1[nH]c2cccc3c2c1CCC3=O. The molecule has 0 atom stereocenters. The largest absolute Gasteiger partial charge is 0.350 e. The van der Waals surface area contributed by atoms with Crippen molar-refractivity contribution in [2.75, 3.05) is 6.26 Å². The molecule has 1 amide bonds. The fourth-order valence-corrected chi connectivity index (χ4v) is 2.53. The van der Waals surface area contributed by atoms with Crippen LogP contribution >= 0.6 is 0 Å². The van der Waals surface area contributed by atoms with Crippen molar-refractivity contribution in [2.45, 2.75) is 12.8 Å². The zero-order valence-corrected chi connectivity index (χ0v) is 13.6. The zero-order valence-electron chi connectivity index (χ0n) is 12.7. The van der Waals surface area contributed by atoms with Crippen molar-refractivity contribution in [3.63, 3.8) is 0 Å². The molecule has 0 spiro atoms. The number of ketones is 1. The number of aromatic nitrogens is 1. The minimum Gasteiger partial charge on any atom is -0.350 e. The van der Waals surface area contributed by atoms with Gasteiger partial charge in [-0.25, -0.2) is 0 Å².